The molecule has 3 rings (SSSR count). The zero-order valence-corrected chi connectivity index (χ0v) is 19.9. The van der Waals surface area contributed by atoms with Crippen molar-refractivity contribution in [3.05, 3.63) is 58.0 Å². The number of nitrogens with zero attached hydrogens (tertiary/aromatic N) is 1. The summed E-state index contributed by atoms with van der Waals surface area (Å²) in [5.41, 5.74) is 3.24. The lowest BCUT2D eigenvalue weighted by molar-refractivity contribution is -0.121. The second kappa shape index (κ2) is 10.7. The average molecular weight is 458 g/mol. The molecule has 1 heterocycles. The molecule has 7 heteroatoms. The van der Waals surface area contributed by atoms with E-state index in [2.05, 4.69) is 19.9 Å². The van der Waals surface area contributed by atoms with Crippen LogP contribution < -0.4 is 14.2 Å². The van der Waals surface area contributed by atoms with Gasteiger partial charge in [0.05, 0.1) is 25.2 Å². The van der Waals surface area contributed by atoms with Crippen molar-refractivity contribution < 1.29 is 19.0 Å². The Balaban J connectivity index is 1.57. The summed E-state index contributed by atoms with van der Waals surface area (Å²) in [5, 5.41) is 0. The van der Waals surface area contributed by atoms with Crippen molar-refractivity contribution in [1.82, 2.24) is 4.90 Å². The van der Waals surface area contributed by atoms with E-state index in [1.165, 1.54) is 17.3 Å². The van der Waals surface area contributed by atoms with Crippen LogP contribution in [0.2, 0.25) is 0 Å². The van der Waals surface area contributed by atoms with Gasteiger partial charge in [0.1, 0.15) is 10.1 Å². The smallest absolute Gasteiger partial charge is 0.266 e. The Labute approximate surface area is 193 Å². The van der Waals surface area contributed by atoms with E-state index in [4.69, 9.17) is 26.4 Å². The van der Waals surface area contributed by atoms with E-state index in [0.29, 0.717) is 40.5 Å². The van der Waals surface area contributed by atoms with E-state index >= 15 is 0 Å². The van der Waals surface area contributed by atoms with Crippen molar-refractivity contribution in [1.29, 1.82) is 0 Å². The number of carbonyl (C=O) groups is 1. The molecule has 5 nitrogen and oxygen atoms in total. The zero-order valence-electron chi connectivity index (χ0n) is 18.3. The standard InChI is InChI=1S/C24H27NO4S2/c1-5-25-23(26)22(31-24(25)30)15-18-10-11-20(21(14-18)27-4)29-13-7-12-28-19-9-6-8-16(2)17(19)3/h6,8-11,14-15H,5,7,12-13H2,1-4H3. The van der Waals surface area contributed by atoms with Crippen molar-refractivity contribution >= 4 is 40.3 Å². The predicted molar refractivity (Wildman–Crippen MR) is 130 cm³/mol. The summed E-state index contributed by atoms with van der Waals surface area (Å²) in [4.78, 5) is 14.6. The molecule has 1 fully saturated rings. The lowest BCUT2D eigenvalue weighted by atomic mass is 10.1. The topological polar surface area (TPSA) is 48.0 Å². The molecule has 2 aromatic carbocycles. The van der Waals surface area contributed by atoms with Crippen molar-refractivity contribution in [2.24, 2.45) is 0 Å². The Morgan fingerprint density at radius 2 is 1.81 bits per heavy atom. The lowest BCUT2D eigenvalue weighted by Crippen LogP contribution is -2.27. The monoisotopic (exact) mass is 457 g/mol. The summed E-state index contributed by atoms with van der Waals surface area (Å²) in [6.45, 7) is 7.71. The number of ether oxygens (including phenoxy) is 3. The van der Waals surface area contributed by atoms with Gasteiger partial charge in [0, 0.05) is 13.0 Å². The molecule has 0 unspecified atom stereocenters. The fourth-order valence-electron chi connectivity index (χ4n) is 3.12. The molecule has 31 heavy (non-hydrogen) atoms. The number of hydrogen-bond acceptors (Lipinski definition) is 6. The Kier molecular flexibility index (Phi) is 7.98. The molecule has 1 saturated heterocycles. The summed E-state index contributed by atoms with van der Waals surface area (Å²) >= 11 is 6.59. The van der Waals surface area contributed by atoms with E-state index in [1.807, 2.05) is 43.3 Å². The van der Waals surface area contributed by atoms with Gasteiger partial charge in [-0.25, -0.2) is 0 Å². The Hall–Kier alpha value is -2.51. The number of thiocarbonyl (C=S) groups is 1. The lowest BCUT2D eigenvalue weighted by Gasteiger charge is -2.13. The van der Waals surface area contributed by atoms with Gasteiger partial charge in [0.2, 0.25) is 0 Å². The number of thioether (sulfide) groups is 1. The van der Waals surface area contributed by atoms with Gasteiger partial charge >= 0.3 is 0 Å². The van der Waals surface area contributed by atoms with Gasteiger partial charge in [-0.2, -0.15) is 0 Å². The Morgan fingerprint density at radius 3 is 2.48 bits per heavy atom. The van der Waals surface area contributed by atoms with Crippen LogP contribution in [0.15, 0.2) is 41.3 Å². The van der Waals surface area contributed by atoms with Gasteiger partial charge in [0.15, 0.2) is 11.5 Å². The van der Waals surface area contributed by atoms with E-state index in [0.717, 1.165) is 23.3 Å². The molecule has 164 valence electrons. The molecule has 1 aliphatic heterocycles. The van der Waals surface area contributed by atoms with Crippen LogP contribution in [0.3, 0.4) is 0 Å². The van der Waals surface area contributed by atoms with Crippen molar-refractivity contribution in [2.45, 2.75) is 27.2 Å². The average Bonchev–Trinajstić information content (AvgIpc) is 3.03. The van der Waals surface area contributed by atoms with E-state index < -0.39 is 0 Å². The molecule has 0 spiro atoms. The van der Waals surface area contributed by atoms with Crippen LogP contribution in [0, 0.1) is 13.8 Å². The first-order chi connectivity index (χ1) is 14.9. The Morgan fingerprint density at radius 1 is 1.06 bits per heavy atom. The second-order valence-electron chi connectivity index (χ2n) is 7.08. The molecular formula is C24H27NO4S2. The number of likely N-dealkylation sites (N-methyl/N-ethyl adjacent to an activating group) is 1. The number of carbonyl (C=O) groups excluding carboxylic acids is 1. The van der Waals surface area contributed by atoms with Gasteiger partial charge in [0.25, 0.3) is 5.91 Å². The number of methoxy groups -OCH3 is 1. The molecule has 0 bridgehead atoms. The number of benzene rings is 2. The molecule has 1 aliphatic rings. The zero-order chi connectivity index (χ0) is 22.4. The van der Waals surface area contributed by atoms with E-state index in [1.54, 1.807) is 12.0 Å². The minimum absolute atomic E-state index is 0.0550. The van der Waals surface area contributed by atoms with Crippen molar-refractivity contribution in [2.75, 3.05) is 26.9 Å². The molecule has 0 saturated carbocycles. The maximum atomic E-state index is 12.4. The highest BCUT2D eigenvalue weighted by atomic mass is 32.2. The minimum Gasteiger partial charge on any atom is -0.493 e. The highest BCUT2D eigenvalue weighted by Gasteiger charge is 2.30. The molecule has 0 radical (unpaired) electrons. The van der Waals surface area contributed by atoms with Crippen LogP contribution in [-0.2, 0) is 4.79 Å². The van der Waals surface area contributed by atoms with E-state index in [9.17, 15) is 4.79 Å². The third-order valence-electron chi connectivity index (χ3n) is 5.03. The van der Waals surface area contributed by atoms with Crippen LogP contribution in [0.5, 0.6) is 17.2 Å². The molecule has 0 N–H and O–H groups in total. The maximum absolute atomic E-state index is 12.4. The summed E-state index contributed by atoms with van der Waals surface area (Å²) in [6.07, 6.45) is 2.58. The Bertz CT molecular complexity index is 1000. The van der Waals surface area contributed by atoms with Gasteiger partial charge < -0.3 is 14.2 Å². The summed E-state index contributed by atoms with van der Waals surface area (Å²) in [6, 6.07) is 11.7. The molecular weight excluding hydrogens is 430 g/mol. The highest BCUT2D eigenvalue weighted by Crippen LogP contribution is 2.34. The minimum atomic E-state index is -0.0550. The number of rotatable bonds is 9. The maximum Gasteiger partial charge on any atom is 0.266 e. The first kappa shape index (κ1) is 23.2. The van der Waals surface area contributed by atoms with Crippen LogP contribution in [-0.4, -0.2) is 42.0 Å². The molecule has 0 aliphatic carbocycles. The third-order valence-corrected chi connectivity index (χ3v) is 6.41. The quantitative estimate of drug-likeness (QED) is 0.286. The van der Waals surface area contributed by atoms with Crippen molar-refractivity contribution in [3.8, 4) is 17.2 Å². The molecule has 1 amide bonds. The third kappa shape index (κ3) is 5.60. The van der Waals surface area contributed by atoms with Gasteiger partial charge in [-0.1, -0.05) is 42.2 Å². The van der Waals surface area contributed by atoms with Crippen LogP contribution in [0.25, 0.3) is 6.08 Å². The number of hydrogen-bond donors (Lipinski definition) is 0. The van der Waals surface area contributed by atoms with Gasteiger partial charge in [-0.15, -0.1) is 0 Å². The summed E-state index contributed by atoms with van der Waals surface area (Å²) < 4.78 is 17.8. The van der Waals surface area contributed by atoms with Gasteiger partial charge in [-0.05, 0) is 61.7 Å². The van der Waals surface area contributed by atoms with Crippen LogP contribution >= 0.6 is 24.0 Å². The number of aryl methyl sites for hydroxylation is 1. The number of amides is 1. The summed E-state index contributed by atoms with van der Waals surface area (Å²) in [5.74, 6) is 2.14. The SMILES string of the molecule is CCN1C(=O)C(=Cc2ccc(OCCCOc3cccc(C)c3C)c(OC)c2)SC1=S. The first-order valence-corrected chi connectivity index (χ1v) is 11.4. The molecule has 2 aromatic rings. The van der Waals surface area contributed by atoms with Crippen LogP contribution in [0.4, 0.5) is 0 Å². The normalized spacial score (nSPS) is 15.0. The summed E-state index contributed by atoms with van der Waals surface area (Å²) in [7, 11) is 1.60. The predicted octanol–water partition coefficient (Wildman–Crippen LogP) is 5.38. The molecule has 0 atom stereocenters. The fraction of sp³-hybridized carbons (Fsp3) is 0.333. The first-order valence-electron chi connectivity index (χ1n) is 10.2. The van der Waals surface area contributed by atoms with Crippen LogP contribution in [0.1, 0.15) is 30.0 Å². The fourth-order valence-corrected chi connectivity index (χ4v) is 4.51. The largest absolute Gasteiger partial charge is 0.493 e. The molecule has 0 aromatic heterocycles. The van der Waals surface area contributed by atoms with Gasteiger partial charge in [-0.3, -0.25) is 9.69 Å². The highest BCUT2D eigenvalue weighted by molar-refractivity contribution is 8.26. The van der Waals surface area contributed by atoms with Crippen molar-refractivity contribution in [3.63, 3.8) is 0 Å². The van der Waals surface area contributed by atoms with E-state index in [-0.39, 0.29) is 5.91 Å². The second-order valence-corrected chi connectivity index (χ2v) is 8.76.